The molecule has 0 aliphatic heterocycles. The average molecular weight is 349 g/mol. The molecule has 0 fully saturated rings. The topological polar surface area (TPSA) is 0 Å². The van der Waals surface area contributed by atoms with Crippen molar-refractivity contribution in [3.05, 3.63) is 0 Å². The molecule has 25 heavy (non-hydrogen) atoms. The van der Waals surface area contributed by atoms with Crippen molar-refractivity contribution >= 4 is 0 Å². The zero-order valence-corrected chi connectivity index (χ0v) is 17.8. The van der Waals surface area contributed by atoms with E-state index in [1.54, 1.807) is 0 Å². The molecule has 0 bridgehead atoms. The Morgan fingerprint density at radius 1 is 0.320 bits per heavy atom. The Bertz CT molecular complexity index is 280. The van der Waals surface area contributed by atoms with Gasteiger partial charge in [0.1, 0.15) is 0 Å². The van der Waals surface area contributed by atoms with E-state index in [4.69, 9.17) is 0 Å². The first-order valence-electron chi connectivity index (χ1n) is 11.9. The van der Waals surface area contributed by atoms with E-state index in [0.29, 0.717) is 0 Å². The maximum absolute atomic E-state index is 3.39. The van der Waals surface area contributed by atoms with Gasteiger partial charge in [0, 0.05) is 12.8 Å². The van der Waals surface area contributed by atoms with Crippen LogP contribution >= 0.6 is 0 Å². The summed E-state index contributed by atoms with van der Waals surface area (Å²) in [6.07, 6.45) is 29.1. The molecule has 0 unspecified atom stereocenters. The molecule has 0 aromatic heterocycles. The van der Waals surface area contributed by atoms with Gasteiger partial charge in [0.2, 0.25) is 0 Å². The van der Waals surface area contributed by atoms with Crippen LogP contribution in [0.2, 0.25) is 0 Å². The maximum atomic E-state index is 3.39. The van der Waals surface area contributed by atoms with E-state index in [-0.39, 0.29) is 0 Å². The summed E-state index contributed by atoms with van der Waals surface area (Å²) >= 11 is 0. The van der Waals surface area contributed by atoms with Gasteiger partial charge < -0.3 is 0 Å². The molecule has 148 valence electrons. The van der Waals surface area contributed by atoms with Gasteiger partial charge in [-0.1, -0.05) is 123 Å². The largest absolute Gasteiger partial charge is 0.103 e. The van der Waals surface area contributed by atoms with Crippen LogP contribution in [0.3, 0.4) is 0 Å². The molecule has 0 aliphatic rings. The number of hydrogen-bond donors (Lipinski definition) is 0. The minimum absolute atomic E-state index is 1.13. The lowest BCUT2D eigenvalue weighted by Crippen LogP contribution is -1.82. The van der Waals surface area contributed by atoms with E-state index in [2.05, 4.69) is 25.7 Å². The normalized spacial score (nSPS) is 10.6. The fourth-order valence-corrected chi connectivity index (χ4v) is 3.40. The van der Waals surface area contributed by atoms with Crippen molar-refractivity contribution in [1.82, 2.24) is 0 Å². The number of unbranched alkanes of at least 4 members (excludes halogenated alkanes) is 19. The fraction of sp³-hybridized carbons (Fsp3) is 0.920. The van der Waals surface area contributed by atoms with Crippen LogP contribution in [0.5, 0.6) is 0 Å². The lowest BCUT2D eigenvalue weighted by Gasteiger charge is -2.01. The summed E-state index contributed by atoms with van der Waals surface area (Å²) < 4.78 is 0. The molecular formula is C25H48. The van der Waals surface area contributed by atoms with Crippen molar-refractivity contribution < 1.29 is 0 Å². The van der Waals surface area contributed by atoms with E-state index >= 15 is 0 Å². The Hall–Kier alpha value is -0.440. The summed E-state index contributed by atoms with van der Waals surface area (Å²) in [4.78, 5) is 0. The van der Waals surface area contributed by atoms with Gasteiger partial charge in [-0.3, -0.25) is 0 Å². The zero-order chi connectivity index (χ0) is 18.3. The van der Waals surface area contributed by atoms with Gasteiger partial charge in [-0.25, -0.2) is 0 Å². The van der Waals surface area contributed by atoms with Gasteiger partial charge in [0.15, 0.2) is 0 Å². The predicted molar refractivity (Wildman–Crippen MR) is 116 cm³/mol. The van der Waals surface area contributed by atoms with Crippen LogP contribution in [0, 0.1) is 11.8 Å². The Morgan fingerprint density at radius 3 is 0.840 bits per heavy atom. The van der Waals surface area contributed by atoms with Crippen LogP contribution in [0.15, 0.2) is 0 Å². The molecule has 0 atom stereocenters. The van der Waals surface area contributed by atoms with E-state index in [1.807, 2.05) is 0 Å². The first kappa shape index (κ1) is 24.6. The minimum Gasteiger partial charge on any atom is -0.103 e. The third-order valence-corrected chi connectivity index (χ3v) is 5.19. The van der Waals surface area contributed by atoms with Crippen LogP contribution < -0.4 is 0 Å². The smallest absolute Gasteiger partial charge is 0.00886 e. The molecule has 0 aliphatic carbocycles. The van der Waals surface area contributed by atoms with Crippen LogP contribution in [-0.4, -0.2) is 0 Å². The van der Waals surface area contributed by atoms with Crippen molar-refractivity contribution in [3.8, 4) is 11.8 Å². The van der Waals surface area contributed by atoms with Crippen LogP contribution in [0.25, 0.3) is 0 Å². The summed E-state index contributed by atoms with van der Waals surface area (Å²) in [7, 11) is 0. The SMILES string of the molecule is CCCCCCCCCCCC#CCCCCCCCCCCCC. The monoisotopic (exact) mass is 348 g/mol. The zero-order valence-electron chi connectivity index (χ0n) is 17.8. The molecule has 0 heteroatoms. The predicted octanol–water partition coefficient (Wildman–Crippen LogP) is 9.22. The van der Waals surface area contributed by atoms with Gasteiger partial charge >= 0.3 is 0 Å². The number of hydrogen-bond acceptors (Lipinski definition) is 0. The van der Waals surface area contributed by atoms with Gasteiger partial charge in [0.05, 0.1) is 0 Å². The maximum Gasteiger partial charge on any atom is 0.00886 e. The quantitative estimate of drug-likeness (QED) is 0.161. The van der Waals surface area contributed by atoms with E-state index in [0.717, 1.165) is 12.8 Å². The average Bonchev–Trinajstić information content (AvgIpc) is 2.63. The number of rotatable bonds is 19. The summed E-state index contributed by atoms with van der Waals surface area (Å²) in [6, 6.07) is 0. The second-order valence-electron chi connectivity index (χ2n) is 7.86. The molecular weight excluding hydrogens is 300 g/mol. The second-order valence-corrected chi connectivity index (χ2v) is 7.86. The van der Waals surface area contributed by atoms with Crippen LogP contribution in [-0.2, 0) is 0 Å². The molecule has 0 rings (SSSR count). The van der Waals surface area contributed by atoms with Crippen LogP contribution in [0.1, 0.15) is 149 Å². The molecule has 0 heterocycles. The summed E-state index contributed by atoms with van der Waals surface area (Å²) in [6.45, 7) is 4.58. The second kappa shape index (κ2) is 23.6. The first-order valence-corrected chi connectivity index (χ1v) is 11.9. The van der Waals surface area contributed by atoms with Gasteiger partial charge in [-0.05, 0) is 12.8 Å². The van der Waals surface area contributed by atoms with Crippen molar-refractivity contribution in [1.29, 1.82) is 0 Å². The molecule has 0 saturated heterocycles. The summed E-state index contributed by atoms with van der Waals surface area (Å²) in [5.41, 5.74) is 0. The molecule has 0 amide bonds. The third-order valence-electron chi connectivity index (χ3n) is 5.19. The molecule has 0 aromatic rings. The highest BCUT2D eigenvalue weighted by Gasteiger charge is 1.92. The van der Waals surface area contributed by atoms with Gasteiger partial charge in [0.25, 0.3) is 0 Å². The van der Waals surface area contributed by atoms with Crippen LogP contribution in [0.4, 0.5) is 0 Å². The van der Waals surface area contributed by atoms with Crippen molar-refractivity contribution in [2.45, 2.75) is 149 Å². The molecule has 0 radical (unpaired) electrons. The lowest BCUT2D eigenvalue weighted by molar-refractivity contribution is 0.558. The van der Waals surface area contributed by atoms with Gasteiger partial charge in [-0.15, -0.1) is 11.8 Å². The Balaban J connectivity index is 3.07. The highest BCUT2D eigenvalue weighted by molar-refractivity contribution is 4.98. The highest BCUT2D eigenvalue weighted by Crippen LogP contribution is 2.12. The van der Waals surface area contributed by atoms with E-state index in [9.17, 15) is 0 Å². The van der Waals surface area contributed by atoms with E-state index in [1.165, 1.54) is 122 Å². The molecule has 0 aromatic carbocycles. The first-order chi connectivity index (χ1) is 12.4. The lowest BCUT2D eigenvalue weighted by atomic mass is 10.1. The third kappa shape index (κ3) is 23.6. The van der Waals surface area contributed by atoms with Gasteiger partial charge in [-0.2, -0.15) is 0 Å². The molecule has 0 spiro atoms. The fourth-order valence-electron chi connectivity index (χ4n) is 3.40. The van der Waals surface area contributed by atoms with E-state index < -0.39 is 0 Å². The standard InChI is InChI=1S/C25H48/c1-3-5-7-9-11-13-15-17-19-21-23-25-24-22-20-18-16-14-12-10-8-6-4-2/h3-23H2,1-2H3. The Morgan fingerprint density at radius 2 is 0.560 bits per heavy atom. The van der Waals surface area contributed by atoms with Crippen molar-refractivity contribution in [2.24, 2.45) is 0 Å². The molecule has 0 saturated carbocycles. The Labute approximate surface area is 160 Å². The highest BCUT2D eigenvalue weighted by atomic mass is 14.0. The Kier molecular flexibility index (Phi) is 23.1. The van der Waals surface area contributed by atoms with Crippen molar-refractivity contribution in [2.75, 3.05) is 0 Å². The minimum atomic E-state index is 1.13. The summed E-state index contributed by atoms with van der Waals surface area (Å²) in [5, 5.41) is 0. The molecule has 0 nitrogen and oxygen atoms in total. The molecule has 0 N–H and O–H groups in total. The summed E-state index contributed by atoms with van der Waals surface area (Å²) in [5.74, 6) is 6.77. The van der Waals surface area contributed by atoms with Crippen molar-refractivity contribution in [3.63, 3.8) is 0 Å².